The minimum Gasteiger partial charge on any atom is -0.469 e. The third kappa shape index (κ3) is 15.6. The fourth-order valence-corrected chi connectivity index (χ4v) is 2.46. The third-order valence-corrected chi connectivity index (χ3v) is 3.95. The molecule has 0 aliphatic carbocycles. The van der Waals surface area contributed by atoms with E-state index in [1.807, 2.05) is 0 Å². The van der Waals surface area contributed by atoms with Crippen LogP contribution < -0.4 is 0 Å². The largest absolute Gasteiger partial charge is 0.469 e. The van der Waals surface area contributed by atoms with Gasteiger partial charge < -0.3 is 9.84 Å². The summed E-state index contributed by atoms with van der Waals surface area (Å²) in [6, 6.07) is 0. The van der Waals surface area contributed by atoms with E-state index in [4.69, 9.17) is 0 Å². The van der Waals surface area contributed by atoms with E-state index in [2.05, 4.69) is 23.8 Å². The van der Waals surface area contributed by atoms with Gasteiger partial charge in [-0.3, -0.25) is 4.79 Å². The standard InChI is InChI=1S/C19H36O3/c1-3-4-5-6-7-9-12-15-18(20)16-13-10-8-11-14-17-19(21)22-2/h7,9,18,20H,3-6,8,10-17H2,1-2H3/t18-/m0/s1. The van der Waals surface area contributed by atoms with E-state index in [1.54, 1.807) is 0 Å². The fraction of sp³-hybridized carbons (Fsp3) is 0.842. The Labute approximate surface area is 137 Å². The van der Waals surface area contributed by atoms with Gasteiger partial charge >= 0.3 is 5.97 Å². The molecule has 0 aromatic heterocycles. The average molecular weight is 312 g/mol. The average Bonchev–Trinajstić information content (AvgIpc) is 2.52. The van der Waals surface area contributed by atoms with Gasteiger partial charge in [0.1, 0.15) is 0 Å². The van der Waals surface area contributed by atoms with Crippen LogP contribution in [0.4, 0.5) is 0 Å². The molecule has 0 saturated heterocycles. The molecule has 0 aliphatic rings. The van der Waals surface area contributed by atoms with E-state index >= 15 is 0 Å². The number of carbonyl (C=O) groups is 1. The lowest BCUT2D eigenvalue weighted by Gasteiger charge is -2.08. The van der Waals surface area contributed by atoms with Gasteiger partial charge in [-0.25, -0.2) is 0 Å². The molecule has 0 heterocycles. The Bertz CT molecular complexity index is 274. The van der Waals surface area contributed by atoms with Crippen molar-refractivity contribution in [3.8, 4) is 0 Å². The van der Waals surface area contributed by atoms with Gasteiger partial charge in [-0.1, -0.05) is 57.6 Å². The van der Waals surface area contributed by atoms with Gasteiger partial charge in [-0.05, 0) is 38.5 Å². The molecule has 22 heavy (non-hydrogen) atoms. The lowest BCUT2D eigenvalue weighted by atomic mass is 10.0. The summed E-state index contributed by atoms with van der Waals surface area (Å²) in [5.41, 5.74) is 0. The Hall–Kier alpha value is -0.830. The summed E-state index contributed by atoms with van der Waals surface area (Å²) in [5, 5.41) is 9.90. The van der Waals surface area contributed by atoms with Crippen molar-refractivity contribution in [2.75, 3.05) is 7.11 Å². The highest BCUT2D eigenvalue weighted by molar-refractivity contribution is 5.68. The van der Waals surface area contributed by atoms with Crippen molar-refractivity contribution < 1.29 is 14.6 Å². The number of rotatable bonds is 15. The van der Waals surface area contributed by atoms with Crippen LogP contribution in [0.1, 0.15) is 90.4 Å². The van der Waals surface area contributed by atoms with E-state index in [1.165, 1.54) is 32.8 Å². The van der Waals surface area contributed by atoms with Crippen LogP contribution in [0.25, 0.3) is 0 Å². The van der Waals surface area contributed by atoms with Crippen molar-refractivity contribution in [3.05, 3.63) is 12.2 Å². The minimum atomic E-state index is -0.157. The summed E-state index contributed by atoms with van der Waals surface area (Å²) in [4.78, 5) is 10.9. The molecule has 0 fully saturated rings. The monoisotopic (exact) mass is 312 g/mol. The maximum absolute atomic E-state index is 10.9. The predicted molar refractivity (Wildman–Crippen MR) is 92.9 cm³/mol. The Morgan fingerprint density at radius 3 is 2.36 bits per heavy atom. The number of esters is 1. The van der Waals surface area contributed by atoms with Crippen LogP contribution in [0, 0.1) is 0 Å². The zero-order chi connectivity index (χ0) is 16.5. The number of allylic oxidation sites excluding steroid dienone is 2. The molecule has 0 spiro atoms. The zero-order valence-electron chi connectivity index (χ0n) is 14.7. The molecule has 0 saturated carbocycles. The van der Waals surface area contributed by atoms with E-state index < -0.39 is 0 Å². The Morgan fingerprint density at radius 1 is 0.955 bits per heavy atom. The number of ether oxygens (including phenoxy) is 1. The molecule has 1 N–H and O–H groups in total. The molecule has 130 valence electrons. The quantitative estimate of drug-likeness (QED) is 0.258. The Kier molecular flexibility index (Phi) is 15.9. The van der Waals surface area contributed by atoms with E-state index in [0.29, 0.717) is 6.42 Å². The smallest absolute Gasteiger partial charge is 0.305 e. The van der Waals surface area contributed by atoms with E-state index in [9.17, 15) is 9.90 Å². The fourth-order valence-electron chi connectivity index (χ4n) is 2.46. The summed E-state index contributed by atoms with van der Waals surface area (Å²) in [6.07, 6.45) is 18.0. The van der Waals surface area contributed by atoms with Crippen molar-refractivity contribution in [2.24, 2.45) is 0 Å². The predicted octanol–water partition coefficient (Wildman–Crippen LogP) is 5.17. The number of aliphatic hydroxyl groups excluding tert-OH is 1. The summed E-state index contributed by atoms with van der Waals surface area (Å²) in [5.74, 6) is -0.113. The van der Waals surface area contributed by atoms with Crippen LogP contribution in [0.5, 0.6) is 0 Å². The first-order valence-corrected chi connectivity index (χ1v) is 9.10. The van der Waals surface area contributed by atoms with Crippen molar-refractivity contribution in [1.82, 2.24) is 0 Å². The Balaban J connectivity index is 3.28. The van der Waals surface area contributed by atoms with Gasteiger partial charge in [0.15, 0.2) is 0 Å². The van der Waals surface area contributed by atoms with Crippen LogP contribution in [0.2, 0.25) is 0 Å². The molecule has 3 heteroatoms. The van der Waals surface area contributed by atoms with Gasteiger partial charge in [0.25, 0.3) is 0 Å². The SMILES string of the molecule is CCCCCC=CCC[C@H](O)CCCCCCCC(=O)OC. The van der Waals surface area contributed by atoms with E-state index in [0.717, 1.165) is 51.4 Å². The second-order valence-electron chi connectivity index (χ2n) is 6.08. The lowest BCUT2D eigenvalue weighted by Crippen LogP contribution is -2.05. The summed E-state index contributed by atoms with van der Waals surface area (Å²) in [7, 11) is 1.43. The molecule has 0 aromatic carbocycles. The number of hydrogen-bond donors (Lipinski definition) is 1. The molecule has 0 aromatic rings. The number of hydrogen-bond acceptors (Lipinski definition) is 3. The number of unbranched alkanes of at least 4 members (excludes halogenated alkanes) is 7. The van der Waals surface area contributed by atoms with Gasteiger partial charge in [0.05, 0.1) is 13.2 Å². The highest BCUT2D eigenvalue weighted by Crippen LogP contribution is 2.12. The summed E-state index contributed by atoms with van der Waals surface area (Å²) >= 11 is 0. The maximum atomic E-state index is 10.9. The number of aliphatic hydroxyl groups is 1. The molecule has 1 atom stereocenters. The lowest BCUT2D eigenvalue weighted by molar-refractivity contribution is -0.140. The van der Waals surface area contributed by atoms with Gasteiger partial charge in [0, 0.05) is 6.42 Å². The molecule has 0 aliphatic heterocycles. The molecule has 0 amide bonds. The van der Waals surface area contributed by atoms with Crippen molar-refractivity contribution in [1.29, 1.82) is 0 Å². The molecular weight excluding hydrogens is 276 g/mol. The van der Waals surface area contributed by atoms with Gasteiger partial charge in [0.2, 0.25) is 0 Å². The first-order chi connectivity index (χ1) is 10.7. The highest BCUT2D eigenvalue weighted by atomic mass is 16.5. The molecule has 0 radical (unpaired) electrons. The first kappa shape index (κ1) is 21.2. The molecule has 0 bridgehead atoms. The number of carbonyl (C=O) groups excluding carboxylic acids is 1. The van der Waals surface area contributed by atoms with Crippen molar-refractivity contribution in [2.45, 2.75) is 96.5 Å². The van der Waals surface area contributed by atoms with Crippen LogP contribution in [-0.4, -0.2) is 24.3 Å². The molecular formula is C19H36O3. The van der Waals surface area contributed by atoms with Gasteiger partial charge in [-0.15, -0.1) is 0 Å². The van der Waals surface area contributed by atoms with E-state index in [-0.39, 0.29) is 12.1 Å². The zero-order valence-corrected chi connectivity index (χ0v) is 14.7. The molecule has 0 unspecified atom stereocenters. The van der Waals surface area contributed by atoms with Gasteiger partial charge in [-0.2, -0.15) is 0 Å². The third-order valence-electron chi connectivity index (χ3n) is 3.95. The highest BCUT2D eigenvalue weighted by Gasteiger charge is 2.03. The first-order valence-electron chi connectivity index (χ1n) is 9.10. The summed E-state index contributed by atoms with van der Waals surface area (Å²) < 4.78 is 4.61. The minimum absolute atomic E-state index is 0.113. The maximum Gasteiger partial charge on any atom is 0.305 e. The summed E-state index contributed by atoms with van der Waals surface area (Å²) in [6.45, 7) is 2.22. The van der Waals surface area contributed by atoms with Crippen molar-refractivity contribution >= 4 is 5.97 Å². The van der Waals surface area contributed by atoms with Crippen LogP contribution in [0.15, 0.2) is 12.2 Å². The second-order valence-corrected chi connectivity index (χ2v) is 6.08. The normalized spacial score (nSPS) is 12.7. The van der Waals surface area contributed by atoms with Crippen LogP contribution >= 0.6 is 0 Å². The number of methoxy groups -OCH3 is 1. The van der Waals surface area contributed by atoms with Crippen LogP contribution in [0.3, 0.4) is 0 Å². The Morgan fingerprint density at radius 2 is 1.64 bits per heavy atom. The molecule has 3 nitrogen and oxygen atoms in total. The topological polar surface area (TPSA) is 46.5 Å². The van der Waals surface area contributed by atoms with Crippen molar-refractivity contribution in [3.63, 3.8) is 0 Å². The molecule has 0 rings (SSSR count). The van der Waals surface area contributed by atoms with Crippen LogP contribution in [-0.2, 0) is 9.53 Å². The second kappa shape index (κ2) is 16.5.